The van der Waals surface area contributed by atoms with Crippen molar-refractivity contribution in [3.8, 4) is 22.3 Å². The Hall–Kier alpha value is -15.4. The number of amides is 16. The first-order chi connectivity index (χ1) is 69.7. The van der Waals surface area contributed by atoms with Crippen molar-refractivity contribution in [2.24, 2.45) is 35.1 Å². The molecule has 0 spiro atoms. The lowest BCUT2D eigenvalue weighted by Crippen LogP contribution is -2.62. The number of carboxylic acid groups (broad SMARTS) is 2. The van der Waals surface area contributed by atoms with Crippen LogP contribution in [0.2, 0.25) is 0 Å². The molecular weight excluding hydrogens is 1900 g/mol. The number of carboxylic acids is 2. The third-order valence-electron chi connectivity index (χ3n) is 25.8. The molecule has 16 amide bonds. The van der Waals surface area contributed by atoms with Gasteiger partial charge in [0, 0.05) is 86.6 Å². The van der Waals surface area contributed by atoms with Gasteiger partial charge in [0.25, 0.3) is 5.91 Å². The van der Waals surface area contributed by atoms with Crippen LogP contribution in [0.3, 0.4) is 0 Å². The summed E-state index contributed by atoms with van der Waals surface area (Å²) in [5.74, 6) is -20.4. The fraction of sp³-hybridized carbons (Fsp3) is 0.461. The molecule has 1 aliphatic carbocycles. The second-order valence-electron chi connectivity index (χ2n) is 37.8. The minimum atomic E-state index is -2.03. The smallest absolute Gasteiger partial charge is 0.335 e. The minimum absolute atomic E-state index is 0.0101. The molecule has 7 aromatic rings. The van der Waals surface area contributed by atoms with E-state index in [1.807, 2.05) is 42.5 Å². The van der Waals surface area contributed by atoms with Gasteiger partial charge in [-0.3, -0.25) is 86.9 Å². The molecule has 0 bridgehead atoms. The van der Waals surface area contributed by atoms with Crippen molar-refractivity contribution >= 4 is 130 Å². The number of imidazole rings is 2. The van der Waals surface area contributed by atoms with Crippen molar-refractivity contribution in [3.63, 3.8) is 0 Å². The van der Waals surface area contributed by atoms with Gasteiger partial charge in [-0.2, -0.15) is 0 Å². The van der Waals surface area contributed by atoms with Gasteiger partial charge < -0.3 is 116 Å². The van der Waals surface area contributed by atoms with Gasteiger partial charge in [0.15, 0.2) is 5.96 Å². The number of guanidine groups is 1. The van der Waals surface area contributed by atoms with Crippen LogP contribution in [-0.4, -0.2) is 270 Å². The quantitative estimate of drug-likeness (QED) is 0.0182. The fourth-order valence-corrected chi connectivity index (χ4v) is 18.5. The molecule has 782 valence electrons. The number of aliphatic carboxylic acids is 1. The van der Waals surface area contributed by atoms with E-state index in [9.17, 15) is 67.7 Å². The molecule has 2 aromatic heterocycles. The van der Waals surface area contributed by atoms with Crippen molar-refractivity contribution in [2.75, 3.05) is 50.0 Å². The molecule has 5 aromatic carbocycles. The summed E-state index contributed by atoms with van der Waals surface area (Å²) in [5, 5.41) is 65.8. The van der Waals surface area contributed by atoms with Crippen molar-refractivity contribution in [1.29, 1.82) is 5.41 Å². The van der Waals surface area contributed by atoms with Gasteiger partial charge in [-0.1, -0.05) is 177 Å². The monoisotopic (exact) mass is 2030 g/mol. The predicted octanol–water partition coefficient (Wildman–Crippen LogP) is 2.58. The summed E-state index contributed by atoms with van der Waals surface area (Å²) >= 11 is 0.847. The Morgan fingerprint density at radius 2 is 1.03 bits per heavy atom. The average molecular weight is 2030 g/mol. The molecule has 44 heteroatoms. The van der Waals surface area contributed by atoms with Crippen molar-refractivity contribution in [2.45, 2.75) is 230 Å². The number of rotatable bonds is 29. The van der Waals surface area contributed by atoms with Gasteiger partial charge >= 0.3 is 11.9 Å². The molecule has 4 heterocycles. The maximum atomic E-state index is 15.9. The van der Waals surface area contributed by atoms with Crippen LogP contribution in [0, 0.1) is 36.0 Å². The molecule has 43 nitrogen and oxygen atoms in total. The Balaban J connectivity index is 1.03. The number of likely N-dealkylation sites (N-methyl/N-ethyl adjacent to an activating group) is 1. The summed E-state index contributed by atoms with van der Waals surface area (Å²) in [6.07, 6.45) is 7.10. The second-order valence-corrected chi connectivity index (χ2v) is 38.9. The molecule has 13 atom stereocenters. The number of nitrogens with one attached hydrogen (secondary N) is 17. The number of aromatic nitrogens is 4. The van der Waals surface area contributed by atoms with E-state index in [0.29, 0.717) is 46.5 Å². The molecule has 1 saturated carbocycles. The van der Waals surface area contributed by atoms with E-state index in [4.69, 9.17) is 16.9 Å². The molecule has 3 fully saturated rings. The van der Waals surface area contributed by atoms with E-state index in [1.165, 1.54) is 62.1 Å². The van der Waals surface area contributed by atoms with E-state index in [0.717, 1.165) is 47.1 Å². The molecule has 0 radical (unpaired) electrons. The van der Waals surface area contributed by atoms with Crippen LogP contribution < -0.4 is 85.9 Å². The number of carbonyl (C=O) groups excluding carboxylic acids is 16. The number of H-pyrrole nitrogens is 2. The number of thioether (sulfide) groups is 1. The first-order valence-electron chi connectivity index (χ1n) is 48.9. The second kappa shape index (κ2) is 54.9. The maximum Gasteiger partial charge on any atom is 0.335 e. The number of primary amides is 1. The summed E-state index contributed by atoms with van der Waals surface area (Å²) in [6, 6.07) is 15.9. The van der Waals surface area contributed by atoms with Crippen LogP contribution in [0.25, 0.3) is 22.3 Å². The van der Waals surface area contributed by atoms with Crippen LogP contribution >= 0.6 is 11.8 Å². The zero-order chi connectivity index (χ0) is 106. The molecule has 23 N–H and O–H groups in total. The first-order valence-corrected chi connectivity index (χ1v) is 50.1. The predicted molar refractivity (Wildman–Crippen MR) is 541 cm³/mol. The zero-order valence-electron chi connectivity index (χ0n) is 83.0. The lowest BCUT2D eigenvalue weighted by molar-refractivity contribution is -0.144. The van der Waals surface area contributed by atoms with E-state index >= 15 is 28.8 Å². The lowest BCUT2D eigenvalue weighted by Gasteiger charge is -2.33. The number of nitrogens with zero attached hydrogens (tertiary/aromatic N) is 4. The first kappa shape index (κ1) is 113. The Morgan fingerprint density at radius 1 is 0.521 bits per heavy atom. The molecule has 2 saturated heterocycles. The SMILES string of the molecule is CC[C@H](C)[C@@H]1NC(=O)[C@@H](CCCNC(=N)N)NC(=O)[C@H](CC(=O)O)NC(=O)[C@H](Cc2cnc[nH]2)NC(=O)CN(C)C(=O)[C@H](Cc2ccc(-c3ccc(NC(=O)c4cccc(C(=O)O)c4C)cc3)cc2)NC(=O)[C@H](Cc2ccc(-c3ccccc3)cc2)NC(=O)[C@H](CC2CCCCC2)NC(=O)CSC[C@@H](C(=O)NCC(N)=O)NC(=O)[C@H](CC(C)C)NC(=O)[C@H](Cc2cnc[nH]2)NC(=O)[C@H](C(C)C)NC(=O)[C@@H]2CCCN2C1=O. The van der Waals surface area contributed by atoms with Crippen molar-refractivity contribution < 1.29 is 96.5 Å². The van der Waals surface area contributed by atoms with Crippen LogP contribution in [0.5, 0.6) is 0 Å². The highest BCUT2D eigenvalue weighted by atomic mass is 32.2. The van der Waals surface area contributed by atoms with Gasteiger partial charge in [0.1, 0.15) is 72.5 Å². The fourth-order valence-electron chi connectivity index (χ4n) is 17.6. The highest BCUT2D eigenvalue weighted by molar-refractivity contribution is 8.00. The Kier molecular flexibility index (Phi) is 42.3. The maximum absolute atomic E-state index is 15.9. The standard InChI is InChI=1S/C102H133N23O20S/c1-9-58(6)87-100(143)125-40-18-26-81(125)97(140)122-86(57(4)5)98(141)119-77(46-69-49-107-55-111-69)95(138)116-73(41-56(2)3)91(134)121-80(89(132)109-50-82(103)126)52-146-53-84(128)114-74(42-60-19-12-10-13-20-60)92(135)117-75(43-61-27-31-64(32-28-61)63-21-14-11-15-22-63)93(136)120-79(44-62-29-33-65(34-30-62)66-35-37-67(38-36-66)112-88(131)70-23-16-24-71(59(70)7)101(144)145)99(142)124(8)51-83(127)113-76(45-68-48-106-54-110-68)94(137)118-78(47-85(129)130)96(139)115-72(90(133)123-87)25-17-39-108-102(104)105/h11,14-16,21-24,27-38,48-49,54-58,60,72-81,86-87H,9-10,12-13,17-20,25-26,39-47,50-53H2,1-8H3,(H2,103,126)(H,106,110)(H,107,111)(H,109,132)(H,112,131)(H,113,127)(H,114,128)(H,115,139)(H,116,138)(H,117,135)(H,118,137)(H,119,141)(H,120,136)(H,121,134)(H,122,140)(H,123,133)(H,129,130)(H,144,145)(H4,104,105,108)/t58-,72+,73-,74-,75-,76-,77-,78-,79-,80-,81-,86-,87-/m0/s1. The molecular formula is C102H133N23O20S. The number of carbonyl (C=O) groups is 18. The Labute approximate surface area is 849 Å². The number of aromatic amines is 2. The number of fused-ring (bicyclic) bond motifs is 1. The Morgan fingerprint density at radius 3 is 1.60 bits per heavy atom. The highest BCUT2D eigenvalue weighted by Crippen LogP contribution is 2.31. The van der Waals surface area contributed by atoms with Crippen LogP contribution in [-0.2, 0) is 102 Å². The van der Waals surface area contributed by atoms with Crippen molar-refractivity contribution in [3.05, 3.63) is 186 Å². The number of hydrogen-bond acceptors (Lipinski definition) is 22. The summed E-state index contributed by atoms with van der Waals surface area (Å²) in [5.41, 5.74) is 16.4. The van der Waals surface area contributed by atoms with E-state index < -0.39 is 228 Å². The minimum Gasteiger partial charge on any atom is -0.481 e. The van der Waals surface area contributed by atoms with Crippen LogP contribution in [0.15, 0.2) is 146 Å². The number of anilines is 1. The molecule has 146 heavy (non-hydrogen) atoms. The van der Waals surface area contributed by atoms with E-state index in [-0.39, 0.29) is 117 Å². The summed E-state index contributed by atoms with van der Waals surface area (Å²) in [4.78, 5) is 277. The normalized spacial score (nSPS) is 22.2. The highest BCUT2D eigenvalue weighted by Gasteiger charge is 2.44. The Bertz CT molecular complexity index is 5750. The van der Waals surface area contributed by atoms with Crippen LogP contribution in [0.4, 0.5) is 5.69 Å². The van der Waals surface area contributed by atoms with Crippen molar-refractivity contribution in [1.82, 2.24) is 98.9 Å². The molecule has 2 aliphatic heterocycles. The summed E-state index contributed by atoms with van der Waals surface area (Å²) < 4.78 is 0. The third kappa shape index (κ3) is 33.9. The summed E-state index contributed by atoms with van der Waals surface area (Å²) in [6.45, 7) is 10.0. The van der Waals surface area contributed by atoms with Gasteiger partial charge in [0.05, 0.1) is 43.5 Å². The van der Waals surface area contributed by atoms with Crippen LogP contribution in [0.1, 0.15) is 174 Å². The molecule has 10 rings (SSSR count). The number of benzene rings is 5. The molecule has 0 unspecified atom stereocenters. The van der Waals surface area contributed by atoms with Gasteiger partial charge in [-0.15, -0.1) is 11.8 Å². The topological polar surface area (TPSA) is 656 Å². The summed E-state index contributed by atoms with van der Waals surface area (Å²) in [7, 11) is 1.24. The number of aromatic carboxylic acids is 1. The zero-order valence-corrected chi connectivity index (χ0v) is 83.8. The largest absolute Gasteiger partial charge is 0.481 e. The number of hydrogen-bond donors (Lipinski definition) is 21. The van der Waals surface area contributed by atoms with E-state index in [2.05, 4.69) is 94.4 Å². The van der Waals surface area contributed by atoms with Gasteiger partial charge in [-0.25, -0.2) is 14.8 Å². The molecule has 3 aliphatic rings. The van der Waals surface area contributed by atoms with Gasteiger partial charge in [0.2, 0.25) is 88.6 Å². The average Bonchev–Trinajstić information content (AvgIpc) is 1.68. The number of nitrogens with two attached hydrogens (primary N) is 2. The third-order valence-corrected chi connectivity index (χ3v) is 26.8. The van der Waals surface area contributed by atoms with E-state index in [1.54, 1.807) is 102 Å². The lowest BCUT2D eigenvalue weighted by atomic mass is 9.84. The van der Waals surface area contributed by atoms with Gasteiger partial charge in [-0.05, 0) is 132 Å².